The molecule has 0 radical (unpaired) electrons. The summed E-state index contributed by atoms with van der Waals surface area (Å²) in [7, 11) is 0. The number of rotatable bonds is 3. The highest BCUT2D eigenvalue weighted by Crippen LogP contribution is 2.23. The zero-order chi connectivity index (χ0) is 13.9. The predicted molar refractivity (Wildman–Crippen MR) is 77.1 cm³/mol. The van der Waals surface area contributed by atoms with E-state index in [2.05, 4.69) is 9.97 Å². The number of nitrogens with one attached hydrogen (secondary N) is 1. The van der Waals surface area contributed by atoms with Crippen molar-refractivity contribution in [2.75, 3.05) is 0 Å². The second-order valence-electron chi connectivity index (χ2n) is 4.26. The van der Waals surface area contributed by atoms with Crippen LogP contribution in [-0.2, 0) is 0 Å². The van der Waals surface area contributed by atoms with Gasteiger partial charge in [0.1, 0.15) is 11.6 Å². The molecule has 0 bridgehead atoms. The van der Waals surface area contributed by atoms with Crippen molar-refractivity contribution in [3.63, 3.8) is 0 Å². The second kappa shape index (κ2) is 4.97. The van der Waals surface area contributed by atoms with Crippen LogP contribution in [0, 0.1) is 5.41 Å². The molecule has 0 amide bonds. The van der Waals surface area contributed by atoms with Crippen LogP contribution in [0.15, 0.2) is 54.9 Å². The molecule has 0 aliphatic heterocycles. The molecular formula is C15H12N4O. The van der Waals surface area contributed by atoms with Crippen molar-refractivity contribution in [1.29, 1.82) is 5.41 Å². The third kappa shape index (κ3) is 2.42. The van der Waals surface area contributed by atoms with Gasteiger partial charge in [0.25, 0.3) is 0 Å². The van der Waals surface area contributed by atoms with Gasteiger partial charge in [-0.1, -0.05) is 6.07 Å². The Bertz CT molecular complexity index is 785. The summed E-state index contributed by atoms with van der Waals surface area (Å²) in [5, 5.41) is 8.45. The molecule has 0 aliphatic rings. The van der Waals surface area contributed by atoms with Crippen molar-refractivity contribution >= 4 is 16.7 Å². The zero-order valence-corrected chi connectivity index (χ0v) is 10.6. The lowest BCUT2D eigenvalue weighted by Crippen LogP contribution is -2.11. The van der Waals surface area contributed by atoms with Gasteiger partial charge < -0.3 is 10.5 Å². The molecule has 2 heterocycles. The zero-order valence-electron chi connectivity index (χ0n) is 10.6. The number of benzene rings is 1. The van der Waals surface area contributed by atoms with E-state index in [1.807, 2.05) is 30.3 Å². The van der Waals surface area contributed by atoms with Crippen LogP contribution < -0.4 is 10.5 Å². The van der Waals surface area contributed by atoms with Gasteiger partial charge in [-0.3, -0.25) is 10.4 Å². The topological polar surface area (TPSA) is 84.9 Å². The maximum atomic E-state index is 7.40. The maximum absolute atomic E-state index is 7.40. The Labute approximate surface area is 115 Å². The number of amidine groups is 1. The van der Waals surface area contributed by atoms with Gasteiger partial charge in [0.15, 0.2) is 0 Å². The number of hydrogen-bond acceptors (Lipinski definition) is 4. The first-order chi connectivity index (χ1) is 9.72. The van der Waals surface area contributed by atoms with E-state index in [1.54, 1.807) is 24.5 Å². The van der Waals surface area contributed by atoms with E-state index >= 15 is 0 Å². The average Bonchev–Trinajstić information content (AvgIpc) is 2.47. The summed E-state index contributed by atoms with van der Waals surface area (Å²) >= 11 is 0. The molecule has 3 aromatic rings. The quantitative estimate of drug-likeness (QED) is 0.562. The maximum Gasteiger partial charge on any atom is 0.219 e. The minimum atomic E-state index is -0.0163. The molecule has 3 N–H and O–H groups in total. The Morgan fingerprint density at radius 3 is 2.80 bits per heavy atom. The SMILES string of the molecule is N=C(N)c1ccnc(Oc2ccc3cccnc3c2)c1. The van der Waals surface area contributed by atoms with Crippen molar-refractivity contribution in [3.05, 3.63) is 60.4 Å². The lowest BCUT2D eigenvalue weighted by molar-refractivity contribution is 0.463. The predicted octanol–water partition coefficient (Wildman–Crippen LogP) is 2.71. The average molecular weight is 264 g/mol. The van der Waals surface area contributed by atoms with Crippen molar-refractivity contribution < 1.29 is 4.74 Å². The molecule has 0 saturated carbocycles. The van der Waals surface area contributed by atoms with Crippen molar-refractivity contribution in [2.45, 2.75) is 0 Å². The number of ether oxygens (including phenoxy) is 1. The number of aromatic nitrogens is 2. The summed E-state index contributed by atoms with van der Waals surface area (Å²) in [6.07, 6.45) is 3.30. The van der Waals surface area contributed by atoms with Crippen LogP contribution in [0.5, 0.6) is 11.6 Å². The van der Waals surface area contributed by atoms with Crippen LogP contribution in [0.3, 0.4) is 0 Å². The Hall–Kier alpha value is -2.95. The number of fused-ring (bicyclic) bond motifs is 1. The largest absolute Gasteiger partial charge is 0.439 e. The van der Waals surface area contributed by atoms with Gasteiger partial charge in [-0.05, 0) is 24.3 Å². The molecule has 20 heavy (non-hydrogen) atoms. The van der Waals surface area contributed by atoms with Gasteiger partial charge in [0.05, 0.1) is 5.52 Å². The standard InChI is InChI=1S/C15H12N4O/c16-15(17)11-5-7-19-14(8-11)20-12-4-3-10-2-1-6-18-13(10)9-12/h1-9H,(H3,16,17). The summed E-state index contributed by atoms with van der Waals surface area (Å²) in [5.41, 5.74) is 6.87. The van der Waals surface area contributed by atoms with Gasteiger partial charge in [-0.15, -0.1) is 0 Å². The van der Waals surface area contributed by atoms with E-state index in [1.165, 1.54) is 0 Å². The van der Waals surface area contributed by atoms with Crippen LogP contribution in [0.4, 0.5) is 0 Å². The molecule has 0 atom stereocenters. The Morgan fingerprint density at radius 1 is 1.05 bits per heavy atom. The van der Waals surface area contributed by atoms with E-state index in [0.29, 0.717) is 17.2 Å². The highest BCUT2D eigenvalue weighted by Gasteiger charge is 2.03. The van der Waals surface area contributed by atoms with Gasteiger partial charge in [-0.25, -0.2) is 4.98 Å². The number of nitrogen functional groups attached to an aromatic ring is 1. The molecule has 0 saturated heterocycles. The van der Waals surface area contributed by atoms with E-state index in [0.717, 1.165) is 10.9 Å². The third-order valence-electron chi connectivity index (χ3n) is 2.85. The summed E-state index contributed by atoms with van der Waals surface area (Å²) < 4.78 is 5.67. The Morgan fingerprint density at radius 2 is 1.95 bits per heavy atom. The van der Waals surface area contributed by atoms with Gasteiger partial charge in [-0.2, -0.15) is 0 Å². The van der Waals surface area contributed by atoms with Crippen LogP contribution in [-0.4, -0.2) is 15.8 Å². The van der Waals surface area contributed by atoms with E-state index in [4.69, 9.17) is 15.9 Å². The summed E-state index contributed by atoms with van der Waals surface area (Å²) in [6, 6.07) is 12.8. The van der Waals surface area contributed by atoms with Crippen molar-refractivity contribution in [3.8, 4) is 11.6 Å². The van der Waals surface area contributed by atoms with Crippen LogP contribution >= 0.6 is 0 Å². The monoisotopic (exact) mass is 264 g/mol. The summed E-state index contributed by atoms with van der Waals surface area (Å²) in [4.78, 5) is 8.38. The van der Waals surface area contributed by atoms with Crippen LogP contribution in [0.2, 0.25) is 0 Å². The summed E-state index contributed by atoms with van der Waals surface area (Å²) in [6.45, 7) is 0. The fraction of sp³-hybridized carbons (Fsp3) is 0. The third-order valence-corrected chi connectivity index (χ3v) is 2.85. The number of nitrogens with two attached hydrogens (primary N) is 1. The molecule has 5 nitrogen and oxygen atoms in total. The molecule has 3 rings (SSSR count). The molecule has 98 valence electrons. The minimum Gasteiger partial charge on any atom is -0.439 e. The van der Waals surface area contributed by atoms with E-state index in [9.17, 15) is 0 Å². The van der Waals surface area contributed by atoms with Crippen LogP contribution in [0.25, 0.3) is 10.9 Å². The second-order valence-corrected chi connectivity index (χ2v) is 4.26. The van der Waals surface area contributed by atoms with E-state index in [-0.39, 0.29) is 5.84 Å². The lowest BCUT2D eigenvalue weighted by atomic mass is 10.2. The van der Waals surface area contributed by atoms with Gasteiger partial charge in [0, 0.05) is 35.5 Å². The molecule has 5 heteroatoms. The Kier molecular flexibility index (Phi) is 3.01. The normalized spacial score (nSPS) is 10.4. The first-order valence-corrected chi connectivity index (χ1v) is 6.05. The fourth-order valence-electron chi connectivity index (χ4n) is 1.86. The smallest absolute Gasteiger partial charge is 0.219 e. The number of pyridine rings is 2. The lowest BCUT2D eigenvalue weighted by Gasteiger charge is -2.06. The molecule has 0 spiro atoms. The number of nitrogens with zero attached hydrogens (tertiary/aromatic N) is 2. The first kappa shape index (κ1) is 12.1. The summed E-state index contributed by atoms with van der Waals surface area (Å²) in [5.74, 6) is 1.02. The van der Waals surface area contributed by atoms with Crippen molar-refractivity contribution in [2.24, 2.45) is 5.73 Å². The van der Waals surface area contributed by atoms with Gasteiger partial charge in [0.2, 0.25) is 5.88 Å². The van der Waals surface area contributed by atoms with E-state index < -0.39 is 0 Å². The molecule has 2 aromatic heterocycles. The Balaban J connectivity index is 1.92. The molecule has 0 fully saturated rings. The van der Waals surface area contributed by atoms with Crippen molar-refractivity contribution in [1.82, 2.24) is 9.97 Å². The first-order valence-electron chi connectivity index (χ1n) is 6.05. The highest BCUT2D eigenvalue weighted by atomic mass is 16.5. The molecule has 1 aromatic carbocycles. The molecule has 0 aliphatic carbocycles. The van der Waals surface area contributed by atoms with Crippen LogP contribution in [0.1, 0.15) is 5.56 Å². The fourth-order valence-corrected chi connectivity index (χ4v) is 1.86. The molecular weight excluding hydrogens is 252 g/mol. The minimum absolute atomic E-state index is 0.0163. The number of hydrogen-bond donors (Lipinski definition) is 2. The van der Waals surface area contributed by atoms with Gasteiger partial charge >= 0.3 is 0 Å². The molecule has 0 unspecified atom stereocenters. The highest BCUT2D eigenvalue weighted by molar-refractivity contribution is 5.95.